The molecule has 4 nitrogen and oxygen atoms in total. The maximum absolute atomic E-state index is 12.4. The number of thiazole rings is 1. The van der Waals surface area contributed by atoms with Crippen LogP contribution in [0.1, 0.15) is 16.8 Å². The van der Waals surface area contributed by atoms with Crippen LogP contribution < -0.4 is 5.32 Å². The van der Waals surface area contributed by atoms with Gasteiger partial charge in [-0.2, -0.15) is 8.78 Å². The Morgan fingerprint density at radius 1 is 1.29 bits per heavy atom. The smallest absolute Gasteiger partial charge is 0.341 e. The molecular formula is C13H14F2N2O2S2. The molecule has 8 heteroatoms. The normalized spacial score (nSPS) is 11.8. The van der Waals surface area contributed by atoms with Crippen LogP contribution >= 0.6 is 11.3 Å². The minimum atomic E-state index is -4.53. The third kappa shape index (κ3) is 3.76. The number of aromatic nitrogens is 1. The van der Waals surface area contributed by atoms with Crippen molar-refractivity contribution in [2.75, 3.05) is 5.32 Å². The van der Waals surface area contributed by atoms with Gasteiger partial charge >= 0.3 is 5.76 Å². The van der Waals surface area contributed by atoms with E-state index < -0.39 is 15.6 Å². The highest BCUT2D eigenvalue weighted by Crippen LogP contribution is 2.21. The Labute approximate surface area is 125 Å². The van der Waals surface area contributed by atoms with Gasteiger partial charge in [0.15, 0.2) is 0 Å². The van der Waals surface area contributed by atoms with Gasteiger partial charge in [-0.25, -0.2) is 13.4 Å². The Kier molecular flexibility index (Phi) is 4.89. The molecule has 0 spiro atoms. The van der Waals surface area contributed by atoms with Crippen molar-refractivity contribution in [1.82, 2.24) is 4.98 Å². The molecule has 0 aliphatic carbocycles. The molecule has 0 aliphatic rings. The van der Waals surface area contributed by atoms with Crippen molar-refractivity contribution in [3.05, 3.63) is 40.3 Å². The number of hydrogen-bond acceptors (Lipinski definition) is 5. The number of nitrogens with zero attached hydrogens (tertiary/aromatic N) is 1. The van der Waals surface area contributed by atoms with E-state index in [9.17, 15) is 17.2 Å². The number of anilines is 1. The third-order valence-electron chi connectivity index (χ3n) is 2.81. The first kappa shape index (κ1) is 15.8. The first-order chi connectivity index (χ1) is 9.93. The van der Waals surface area contributed by atoms with Gasteiger partial charge in [0.1, 0.15) is 5.01 Å². The molecule has 0 saturated heterocycles. The molecule has 0 saturated carbocycles. The van der Waals surface area contributed by atoms with E-state index in [1.54, 1.807) is 11.3 Å². The fourth-order valence-electron chi connectivity index (χ4n) is 1.64. The molecule has 0 radical (unpaired) electrons. The summed E-state index contributed by atoms with van der Waals surface area (Å²) in [4.78, 5) is 5.04. The van der Waals surface area contributed by atoms with Crippen molar-refractivity contribution in [3.63, 3.8) is 0 Å². The summed E-state index contributed by atoms with van der Waals surface area (Å²) in [6, 6.07) is 5.26. The predicted octanol–water partition coefficient (Wildman–Crippen LogP) is 3.31. The van der Waals surface area contributed by atoms with Crippen LogP contribution in [0.25, 0.3) is 0 Å². The molecule has 0 fully saturated rings. The summed E-state index contributed by atoms with van der Waals surface area (Å²) in [5, 5.41) is 3.98. The van der Waals surface area contributed by atoms with Crippen LogP contribution in [0.2, 0.25) is 0 Å². The van der Waals surface area contributed by atoms with Gasteiger partial charge in [-0.1, -0.05) is 6.92 Å². The summed E-state index contributed by atoms with van der Waals surface area (Å²) in [7, 11) is -4.53. The Morgan fingerprint density at radius 3 is 2.48 bits per heavy atom. The average Bonchev–Trinajstić information content (AvgIpc) is 2.93. The summed E-state index contributed by atoms with van der Waals surface area (Å²) in [6.45, 7) is 2.55. The van der Waals surface area contributed by atoms with Crippen LogP contribution in [0, 0.1) is 0 Å². The second kappa shape index (κ2) is 6.48. The highest BCUT2D eigenvalue weighted by molar-refractivity contribution is 7.91. The Hall–Kier alpha value is -1.54. The molecule has 2 rings (SSSR count). The van der Waals surface area contributed by atoms with Gasteiger partial charge in [-0.05, 0) is 30.7 Å². The van der Waals surface area contributed by atoms with Gasteiger partial charge in [0.05, 0.1) is 11.4 Å². The Bertz CT molecular complexity index is 697. The molecule has 0 aliphatic heterocycles. The van der Waals surface area contributed by atoms with E-state index >= 15 is 0 Å². The van der Waals surface area contributed by atoms with E-state index in [-0.39, 0.29) is 4.90 Å². The number of hydrogen-bond donors (Lipinski definition) is 1. The van der Waals surface area contributed by atoms with Crippen LogP contribution in [-0.4, -0.2) is 19.2 Å². The number of nitrogens with one attached hydrogen (secondary N) is 1. The van der Waals surface area contributed by atoms with Gasteiger partial charge in [0.2, 0.25) is 9.84 Å². The number of halogens is 2. The second-order valence-electron chi connectivity index (χ2n) is 4.26. The standard InChI is InChI=1S/C13H14F2N2O2S2/c1-2-10-7-17-12(20-10)8-16-9-3-5-11(6-4-9)21(18,19)13(14)15/h3-7,13,16H,2,8H2,1H3. The lowest BCUT2D eigenvalue weighted by Crippen LogP contribution is -2.11. The highest BCUT2D eigenvalue weighted by Gasteiger charge is 2.26. The van der Waals surface area contributed by atoms with E-state index in [0.717, 1.165) is 11.4 Å². The number of alkyl halides is 2. The number of sulfone groups is 1. The van der Waals surface area contributed by atoms with Crippen LogP contribution in [0.3, 0.4) is 0 Å². The largest absolute Gasteiger partial charge is 0.379 e. The fraction of sp³-hybridized carbons (Fsp3) is 0.308. The SMILES string of the molecule is CCc1cnc(CNc2ccc(S(=O)(=O)C(F)F)cc2)s1. The summed E-state index contributed by atoms with van der Waals surface area (Å²) < 4.78 is 47.3. The molecule has 1 aromatic carbocycles. The van der Waals surface area contributed by atoms with Crippen LogP contribution in [-0.2, 0) is 22.8 Å². The summed E-state index contributed by atoms with van der Waals surface area (Å²) in [6.07, 6.45) is 2.75. The summed E-state index contributed by atoms with van der Waals surface area (Å²) in [5.74, 6) is -3.40. The maximum atomic E-state index is 12.4. The van der Waals surface area contributed by atoms with E-state index in [1.807, 2.05) is 13.1 Å². The van der Waals surface area contributed by atoms with Gasteiger partial charge in [-0.15, -0.1) is 11.3 Å². The topological polar surface area (TPSA) is 59.1 Å². The number of benzene rings is 1. The molecule has 0 unspecified atom stereocenters. The van der Waals surface area contributed by atoms with Crippen molar-refractivity contribution in [1.29, 1.82) is 0 Å². The van der Waals surface area contributed by atoms with Gasteiger partial charge in [-0.3, -0.25) is 0 Å². The minimum absolute atomic E-state index is 0.384. The van der Waals surface area contributed by atoms with E-state index in [1.165, 1.54) is 29.1 Å². The first-order valence-electron chi connectivity index (χ1n) is 6.23. The van der Waals surface area contributed by atoms with Crippen molar-refractivity contribution >= 4 is 26.9 Å². The lowest BCUT2D eigenvalue weighted by Gasteiger charge is -2.06. The summed E-state index contributed by atoms with van der Waals surface area (Å²) >= 11 is 1.59. The van der Waals surface area contributed by atoms with Gasteiger partial charge in [0.25, 0.3) is 0 Å². The molecular weight excluding hydrogens is 318 g/mol. The lowest BCUT2D eigenvalue weighted by molar-refractivity contribution is 0.234. The van der Waals surface area contributed by atoms with Crippen molar-refractivity contribution in [2.24, 2.45) is 0 Å². The minimum Gasteiger partial charge on any atom is -0.379 e. The molecule has 0 amide bonds. The van der Waals surface area contributed by atoms with Crippen molar-refractivity contribution < 1.29 is 17.2 Å². The maximum Gasteiger partial charge on any atom is 0.341 e. The van der Waals surface area contributed by atoms with Gasteiger partial charge < -0.3 is 5.32 Å². The third-order valence-corrected chi connectivity index (χ3v) is 5.35. The first-order valence-corrected chi connectivity index (χ1v) is 8.59. The highest BCUT2D eigenvalue weighted by atomic mass is 32.2. The van der Waals surface area contributed by atoms with E-state index in [4.69, 9.17) is 0 Å². The van der Waals surface area contributed by atoms with Gasteiger partial charge in [0, 0.05) is 16.8 Å². The lowest BCUT2D eigenvalue weighted by atomic mass is 10.3. The average molecular weight is 332 g/mol. The van der Waals surface area contributed by atoms with E-state index in [0.29, 0.717) is 12.2 Å². The molecule has 1 heterocycles. The van der Waals surface area contributed by atoms with Crippen LogP contribution in [0.15, 0.2) is 35.4 Å². The Balaban J connectivity index is 2.03. The molecule has 1 N–H and O–H groups in total. The van der Waals surface area contributed by atoms with Crippen LogP contribution in [0.5, 0.6) is 0 Å². The summed E-state index contributed by atoms with van der Waals surface area (Å²) in [5.41, 5.74) is 0.650. The molecule has 2 aromatic rings. The van der Waals surface area contributed by atoms with Crippen molar-refractivity contribution in [3.8, 4) is 0 Å². The fourth-order valence-corrected chi connectivity index (χ4v) is 3.16. The zero-order valence-corrected chi connectivity index (χ0v) is 12.8. The molecule has 0 bridgehead atoms. The monoisotopic (exact) mass is 332 g/mol. The Morgan fingerprint density at radius 2 is 1.95 bits per heavy atom. The zero-order chi connectivity index (χ0) is 15.5. The molecule has 1 aromatic heterocycles. The molecule has 0 atom stereocenters. The van der Waals surface area contributed by atoms with E-state index in [2.05, 4.69) is 10.3 Å². The van der Waals surface area contributed by atoms with Crippen LogP contribution in [0.4, 0.5) is 14.5 Å². The predicted molar refractivity (Wildman–Crippen MR) is 78.5 cm³/mol. The zero-order valence-electron chi connectivity index (χ0n) is 11.2. The quantitative estimate of drug-likeness (QED) is 0.882. The molecule has 114 valence electrons. The number of aryl methyl sites for hydroxylation is 1. The second-order valence-corrected chi connectivity index (χ2v) is 7.37. The number of rotatable bonds is 6. The van der Waals surface area contributed by atoms with Crippen molar-refractivity contribution in [2.45, 2.75) is 30.5 Å². The molecule has 21 heavy (non-hydrogen) atoms.